The largest absolute Gasteiger partial charge is 0.493 e. The number of hydrogen-bond donors (Lipinski definition) is 1. The first kappa shape index (κ1) is 12.9. The lowest BCUT2D eigenvalue weighted by atomic mass is 10.2. The molecule has 1 aliphatic carbocycles. The van der Waals surface area contributed by atoms with Crippen LogP contribution in [0.4, 0.5) is 11.4 Å². The molecule has 0 heterocycles. The van der Waals surface area contributed by atoms with Gasteiger partial charge in [-0.1, -0.05) is 6.92 Å². The van der Waals surface area contributed by atoms with Gasteiger partial charge in [-0.25, -0.2) is 0 Å². The average molecular weight is 250 g/mol. The van der Waals surface area contributed by atoms with Gasteiger partial charge >= 0.3 is 0 Å². The molecule has 0 saturated heterocycles. The highest BCUT2D eigenvalue weighted by atomic mass is 16.5. The molecule has 4 nitrogen and oxygen atoms in total. The summed E-state index contributed by atoms with van der Waals surface area (Å²) in [5.74, 6) is 3.03. The molecule has 0 amide bonds. The molecular formula is C14H22N2O2. The number of anilines is 2. The second-order valence-electron chi connectivity index (χ2n) is 5.12. The second kappa shape index (κ2) is 4.96. The van der Waals surface area contributed by atoms with E-state index in [9.17, 15) is 0 Å². The predicted octanol–water partition coefficient (Wildman–Crippen LogP) is 2.38. The number of rotatable bonds is 5. The molecule has 0 aliphatic heterocycles. The maximum absolute atomic E-state index is 6.08. The molecule has 2 N–H and O–H groups in total. The third kappa shape index (κ3) is 2.47. The van der Waals surface area contributed by atoms with Crippen molar-refractivity contribution in [2.24, 2.45) is 11.8 Å². The van der Waals surface area contributed by atoms with Gasteiger partial charge in [0.05, 0.1) is 25.6 Å². The van der Waals surface area contributed by atoms with Crippen LogP contribution in [0.15, 0.2) is 12.1 Å². The van der Waals surface area contributed by atoms with E-state index in [4.69, 9.17) is 15.2 Å². The smallest absolute Gasteiger partial charge is 0.162 e. The zero-order chi connectivity index (χ0) is 13.3. The molecule has 1 aromatic rings. The SMILES string of the molecule is COc1cc(N)c(N(C)CC2CC2C)cc1OC. The van der Waals surface area contributed by atoms with Gasteiger partial charge in [0.25, 0.3) is 0 Å². The van der Waals surface area contributed by atoms with Crippen molar-refractivity contribution in [3.63, 3.8) is 0 Å². The van der Waals surface area contributed by atoms with Crippen molar-refractivity contribution in [3.05, 3.63) is 12.1 Å². The Kier molecular flexibility index (Phi) is 3.55. The van der Waals surface area contributed by atoms with E-state index in [0.29, 0.717) is 5.75 Å². The lowest BCUT2D eigenvalue weighted by Gasteiger charge is -2.22. The summed E-state index contributed by atoms with van der Waals surface area (Å²) < 4.78 is 10.6. The Morgan fingerprint density at radius 3 is 2.33 bits per heavy atom. The predicted molar refractivity (Wildman–Crippen MR) is 74.5 cm³/mol. The van der Waals surface area contributed by atoms with E-state index in [-0.39, 0.29) is 0 Å². The summed E-state index contributed by atoms with van der Waals surface area (Å²) in [5.41, 5.74) is 7.81. The van der Waals surface area contributed by atoms with Crippen molar-refractivity contribution in [1.29, 1.82) is 0 Å². The summed E-state index contributed by atoms with van der Waals surface area (Å²) in [7, 11) is 5.33. The summed E-state index contributed by atoms with van der Waals surface area (Å²) in [5, 5.41) is 0. The van der Waals surface area contributed by atoms with Crippen LogP contribution in [-0.2, 0) is 0 Å². The lowest BCUT2D eigenvalue weighted by molar-refractivity contribution is 0.355. The Balaban J connectivity index is 2.20. The highest BCUT2D eigenvalue weighted by molar-refractivity contribution is 5.73. The highest BCUT2D eigenvalue weighted by Gasteiger charge is 2.33. The number of hydrogen-bond acceptors (Lipinski definition) is 4. The average Bonchev–Trinajstić information content (AvgIpc) is 3.04. The first-order valence-electron chi connectivity index (χ1n) is 6.29. The van der Waals surface area contributed by atoms with Crippen molar-refractivity contribution in [3.8, 4) is 11.5 Å². The van der Waals surface area contributed by atoms with Crippen molar-refractivity contribution in [2.45, 2.75) is 13.3 Å². The maximum Gasteiger partial charge on any atom is 0.162 e. The van der Waals surface area contributed by atoms with E-state index < -0.39 is 0 Å². The molecule has 0 radical (unpaired) electrons. The summed E-state index contributed by atoms with van der Waals surface area (Å²) in [6, 6.07) is 3.77. The molecule has 2 unspecified atom stereocenters. The molecule has 18 heavy (non-hydrogen) atoms. The fourth-order valence-electron chi connectivity index (χ4n) is 2.32. The summed E-state index contributed by atoms with van der Waals surface area (Å²) in [4.78, 5) is 2.20. The van der Waals surface area contributed by atoms with Crippen LogP contribution in [0.1, 0.15) is 13.3 Å². The fraction of sp³-hybridized carbons (Fsp3) is 0.571. The number of nitrogen functional groups attached to an aromatic ring is 1. The van der Waals surface area contributed by atoms with Crippen molar-refractivity contribution in [2.75, 3.05) is 38.4 Å². The third-order valence-electron chi connectivity index (χ3n) is 3.73. The van der Waals surface area contributed by atoms with Crippen molar-refractivity contribution >= 4 is 11.4 Å². The van der Waals surface area contributed by atoms with Crippen LogP contribution in [0.5, 0.6) is 11.5 Å². The number of nitrogens with two attached hydrogens (primary N) is 1. The minimum absolute atomic E-state index is 0.673. The molecular weight excluding hydrogens is 228 g/mol. The molecule has 1 aromatic carbocycles. The zero-order valence-electron chi connectivity index (χ0n) is 11.6. The number of ether oxygens (including phenoxy) is 2. The molecule has 0 aromatic heterocycles. The molecule has 2 rings (SSSR count). The van der Waals surface area contributed by atoms with Crippen LogP contribution in [0, 0.1) is 11.8 Å². The lowest BCUT2D eigenvalue weighted by Crippen LogP contribution is -2.21. The summed E-state index contributed by atoms with van der Waals surface area (Å²) in [6.07, 6.45) is 1.32. The second-order valence-corrected chi connectivity index (χ2v) is 5.12. The van der Waals surface area contributed by atoms with Gasteiger partial charge in [0.15, 0.2) is 11.5 Å². The van der Waals surface area contributed by atoms with E-state index in [1.165, 1.54) is 6.42 Å². The van der Waals surface area contributed by atoms with Crippen LogP contribution in [0.2, 0.25) is 0 Å². The topological polar surface area (TPSA) is 47.7 Å². The van der Waals surface area contributed by atoms with Crippen molar-refractivity contribution < 1.29 is 9.47 Å². The Morgan fingerprint density at radius 2 is 1.83 bits per heavy atom. The first-order chi connectivity index (χ1) is 8.56. The van der Waals surface area contributed by atoms with Gasteiger partial charge in [-0.3, -0.25) is 0 Å². The standard InChI is InChI=1S/C14H22N2O2/c1-9-5-10(9)8-16(2)12-7-14(18-4)13(17-3)6-11(12)15/h6-7,9-10H,5,8,15H2,1-4H3. The molecule has 100 valence electrons. The van der Waals surface area contributed by atoms with Crippen LogP contribution < -0.4 is 20.1 Å². The summed E-state index contributed by atoms with van der Waals surface area (Å²) in [6.45, 7) is 3.33. The van der Waals surface area contributed by atoms with E-state index >= 15 is 0 Å². The fourth-order valence-corrected chi connectivity index (χ4v) is 2.32. The number of nitrogens with zero attached hydrogens (tertiary/aromatic N) is 1. The minimum atomic E-state index is 0.673. The third-order valence-corrected chi connectivity index (χ3v) is 3.73. The van der Waals surface area contributed by atoms with Crippen LogP contribution in [0.25, 0.3) is 0 Å². The maximum atomic E-state index is 6.08. The van der Waals surface area contributed by atoms with Crippen LogP contribution in [-0.4, -0.2) is 27.8 Å². The van der Waals surface area contributed by atoms with E-state index in [2.05, 4.69) is 18.9 Å². The van der Waals surface area contributed by atoms with Gasteiger partial charge in [-0.15, -0.1) is 0 Å². The number of methoxy groups -OCH3 is 2. The van der Waals surface area contributed by atoms with E-state index in [1.54, 1.807) is 14.2 Å². The van der Waals surface area contributed by atoms with Gasteiger partial charge in [-0.2, -0.15) is 0 Å². The Hall–Kier alpha value is -1.58. The Morgan fingerprint density at radius 1 is 1.28 bits per heavy atom. The normalized spacial score (nSPS) is 21.6. The van der Waals surface area contributed by atoms with Gasteiger partial charge < -0.3 is 20.1 Å². The molecule has 0 spiro atoms. The minimum Gasteiger partial charge on any atom is -0.493 e. The first-order valence-corrected chi connectivity index (χ1v) is 6.29. The molecule has 1 aliphatic rings. The Labute approximate surface area is 109 Å². The van der Waals surface area contributed by atoms with E-state index in [0.717, 1.165) is 35.5 Å². The van der Waals surface area contributed by atoms with E-state index in [1.807, 2.05) is 12.1 Å². The monoisotopic (exact) mass is 250 g/mol. The Bertz CT molecular complexity index is 434. The molecule has 4 heteroatoms. The van der Waals surface area contributed by atoms with Gasteiger partial charge in [0, 0.05) is 25.7 Å². The molecule has 1 fully saturated rings. The highest BCUT2D eigenvalue weighted by Crippen LogP contribution is 2.41. The molecule has 1 saturated carbocycles. The van der Waals surface area contributed by atoms with Crippen LogP contribution >= 0.6 is 0 Å². The zero-order valence-corrected chi connectivity index (χ0v) is 11.6. The van der Waals surface area contributed by atoms with Gasteiger partial charge in [0.2, 0.25) is 0 Å². The quantitative estimate of drug-likeness (QED) is 0.815. The number of benzene rings is 1. The summed E-state index contributed by atoms with van der Waals surface area (Å²) >= 11 is 0. The molecule has 2 atom stereocenters. The van der Waals surface area contributed by atoms with Gasteiger partial charge in [0.1, 0.15) is 0 Å². The van der Waals surface area contributed by atoms with Crippen molar-refractivity contribution in [1.82, 2.24) is 0 Å². The van der Waals surface area contributed by atoms with Gasteiger partial charge in [-0.05, 0) is 18.3 Å². The molecule has 0 bridgehead atoms. The van der Waals surface area contributed by atoms with Crippen LogP contribution in [0.3, 0.4) is 0 Å².